The number of aryl methyl sites for hydroxylation is 1. The molecule has 0 saturated heterocycles. The van der Waals surface area contributed by atoms with Crippen molar-refractivity contribution in [3.8, 4) is 11.1 Å². The average molecular weight is 454 g/mol. The zero-order valence-electron chi connectivity index (χ0n) is 16.0. The number of thiophene rings is 1. The molecule has 0 aliphatic rings. The number of rotatable bonds is 6. The summed E-state index contributed by atoms with van der Waals surface area (Å²) < 4.78 is 65.0. The number of carbonyl (C=O) groups is 1. The van der Waals surface area contributed by atoms with Gasteiger partial charge in [-0.05, 0) is 47.7 Å². The van der Waals surface area contributed by atoms with Gasteiger partial charge in [0.1, 0.15) is 11.6 Å². The van der Waals surface area contributed by atoms with Gasteiger partial charge in [-0.2, -0.15) is 13.2 Å². The molecule has 0 fully saturated rings. The lowest BCUT2D eigenvalue weighted by Crippen LogP contribution is -2.15. The van der Waals surface area contributed by atoms with Crippen LogP contribution in [0.4, 0.5) is 27.6 Å². The topological polar surface area (TPSA) is 50.7 Å². The van der Waals surface area contributed by atoms with Gasteiger partial charge in [0.25, 0.3) is 5.91 Å². The van der Waals surface area contributed by atoms with Gasteiger partial charge in [-0.1, -0.05) is 23.4 Å². The standard InChI is InChI=1S/C21H15F5N2O2S/c1-12-6-7-31-19(12)20(29)28-18-5-3-2-4-14(18)13-8-16(22)15(17(23)9-13)10-27-30-11-21(24,25)26/h2-10H,11H2,1H3,(H,28,29)/b27-10+. The van der Waals surface area contributed by atoms with E-state index < -0.39 is 30.0 Å². The molecule has 1 aromatic heterocycles. The summed E-state index contributed by atoms with van der Waals surface area (Å²) in [6, 6.07) is 10.3. The number of halogens is 5. The minimum atomic E-state index is -4.62. The second kappa shape index (κ2) is 9.25. The number of alkyl halides is 3. The summed E-state index contributed by atoms with van der Waals surface area (Å²) in [6.07, 6.45) is -4.08. The van der Waals surface area contributed by atoms with Crippen LogP contribution >= 0.6 is 11.3 Å². The van der Waals surface area contributed by atoms with Gasteiger partial charge in [-0.25, -0.2) is 8.78 Å². The minimum Gasteiger partial charge on any atom is -0.386 e. The molecule has 1 N–H and O–H groups in total. The summed E-state index contributed by atoms with van der Waals surface area (Å²) in [5.41, 5.74) is 0.978. The van der Waals surface area contributed by atoms with Gasteiger partial charge in [-0.15, -0.1) is 11.3 Å². The number of para-hydroxylation sites is 1. The molecule has 1 amide bonds. The Labute approximate surface area is 178 Å². The first kappa shape index (κ1) is 22.4. The third-order valence-electron chi connectivity index (χ3n) is 4.12. The monoisotopic (exact) mass is 454 g/mol. The van der Waals surface area contributed by atoms with Crippen molar-refractivity contribution in [2.45, 2.75) is 13.1 Å². The number of nitrogens with zero attached hydrogens (tertiary/aromatic N) is 1. The van der Waals surface area contributed by atoms with Crippen molar-refractivity contribution in [2.24, 2.45) is 5.16 Å². The molecule has 0 spiro atoms. The molecule has 3 rings (SSSR count). The summed E-state index contributed by atoms with van der Waals surface area (Å²) in [6.45, 7) is 0.113. The molecule has 162 valence electrons. The van der Waals surface area contributed by atoms with Crippen molar-refractivity contribution in [1.82, 2.24) is 0 Å². The maximum absolute atomic E-state index is 14.4. The summed E-state index contributed by atoms with van der Waals surface area (Å²) in [5.74, 6) is -2.46. The summed E-state index contributed by atoms with van der Waals surface area (Å²) in [5, 5.41) is 7.48. The highest BCUT2D eigenvalue weighted by Gasteiger charge is 2.28. The molecule has 3 aromatic rings. The second-order valence-electron chi connectivity index (χ2n) is 6.41. The molecule has 10 heteroatoms. The van der Waals surface area contributed by atoms with Gasteiger partial charge < -0.3 is 10.2 Å². The lowest BCUT2D eigenvalue weighted by Gasteiger charge is -2.12. The van der Waals surface area contributed by atoms with Gasteiger partial charge >= 0.3 is 6.18 Å². The molecule has 31 heavy (non-hydrogen) atoms. The lowest BCUT2D eigenvalue weighted by molar-refractivity contribution is -0.173. The highest BCUT2D eigenvalue weighted by atomic mass is 32.1. The van der Waals surface area contributed by atoms with E-state index in [1.54, 1.807) is 42.6 Å². The minimum absolute atomic E-state index is 0.127. The molecular formula is C21H15F5N2O2S. The number of carbonyl (C=O) groups excluding carboxylic acids is 1. The fraction of sp³-hybridized carbons (Fsp3) is 0.143. The molecule has 0 bridgehead atoms. The first-order valence-corrected chi connectivity index (χ1v) is 9.69. The van der Waals surface area contributed by atoms with Gasteiger partial charge in [0.15, 0.2) is 0 Å². The first-order valence-electron chi connectivity index (χ1n) is 8.81. The molecule has 0 aliphatic carbocycles. The molecule has 0 aliphatic heterocycles. The number of oxime groups is 1. The van der Waals surface area contributed by atoms with Crippen molar-refractivity contribution in [2.75, 3.05) is 11.9 Å². The van der Waals surface area contributed by atoms with E-state index in [0.29, 0.717) is 22.3 Å². The van der Waals surface area contributed by atoms with E-state index in [-0.39, 0.29) is 11.5 Å². The third kappa shape index (κ3) is 5.66. The van der Waals surface area contributed by atoms with Gasteiger partial charge in [0.05, 0.1) is 16.7 Å². The van der Waals surface area contributed by atoms with Crippen LogP contribution in [0.1, 0.15) is 20.8 Å². The van der Waals surface area contributed by atoms with E-state index in [9.17, 15) is 26.7 Å². The molecule has 0 radical (unpaired) electrons. The summed E-state index contributed by atoms with van der Waals surface area (Å²) in [7, 11) is 0. The Kier molecular flexibility index (Phi) is 6.69. The highest BCUT2D eigenvalue weighted by molar-refractivity contribution is 7.12. The zero-order valence-corrected chi connectivity index (χ0v) is 16.8. The Morgan fingerprint density at radius 1 is 1.16 bits per heavy atom. The maximum Gasteiger partial charge on any atom is 0.425 e. The number of nitrogens with one attached hydrogen (secondary N) is 1. The Balaban J connectivity index is 1.86. The highest BCUT2D eigenvalue weighted by Crippen LogP contribution is 2.31. The smallest absolute Gasteiger partial charge is 0.386 e. The Hall–Kier alpha value is -3.27. The van der Waals surface area contributed by atoms with Crippen LogP contribution in [0.25, 0.3) is 11.1 Å². The van der Waals surface area contributed by atoms with Crippen LogP contribution in [0.2, 0.25) is 0 Å². The van der Waals surface area contributed by atoms with Gasteiger partial charge in [-0.3, -0.25) is 4.79 Å². The maximum atomic E-state index is 14.4. The van der Waals surface area contributed by atoms with E-state index in [0.717, 1.165) is 17.7 Å². The van der Waals surface area contributed by atoms with E-state index in [1.165, 1.54) is 11.3 Å². The summed E-state index contributed by atoms with van der Waals surface area (Å²) >= 11 is 1.27. The number of amides is 1. The van der Waals surface area contributed by atoms with Crippen molar-refractivity contribution < 1.29 is 31.6 Å². The van der Waals surface area contributed by atoms with Crippen molar-refractivity contribution in [3.05, 3.63) is 75.5 Å². The van der Waals surface area contributed by atoms with E-state index in [1.807, 2.05) is 0 Å². The molecule has 1 heterocycles. The predicted molar refractivity (Wildman–Crippen MR) is 108 cm³/mol. The summed E-state index contributed by atoms with van der Waals surface area (Å²) in [4.78, 5) is 17.0. The Morgan fingerprint density at radius 2 is 1.84 bits per heavy atom. The van der Waals surface area contributed by atoms with Crippen molar-refractivity contribution in [1.29, 1.82) is 0 Å². The second-order valence-corrected chi connectivity index (χ2v) is 7.33. The zero-order chi connectivity index (χ0) is 22.6. The molecule has 0 unspecified atom stereocenters. The molecule has 4 nitrogen and oxygen atoms in total. The number of benzene rings is 2. The largest absolute Gasteiger partial charge is 0.425 e. The van der Waals surface area contributed by atoms with Crippen LogP contribution in [0.3, 0.4) is 0 Å². The predicted octanol–water partition coefficient (Wildman–Crippen LogP) is 6.17. The first-order chi connectivity index (χ1) is 14.7. The number of anilines is 1. The van der Waals surface area contributed by atoms with Crippen LogP contribution in [-0.2, 0) is 4.84 Å². The quantitative estimate of drug-likeness (QED) is 0.275. The Bertz CT molecular complexity index is 1100. The van der Waals surface area contributed by atoms with Crippen LogP contribution < -0.4 is 5.32 Å². The Morgan fingerprint density at radius 3 is 2.45 bits per heavy atom. The van der Waals surface area contributed by atoms with Crippen LogP contribution in [-0.4, -0.2) is 24.9 Å². The fourth-order valence-electron chi connectivity index (χ4n) is 2.69. The van der Waals surface area contributed by atoms with Crippen LogP contribution in [0, 0.1) is 18.6 Å². The lowest BCUT2D eigenvalue weighted by atomic mass is 10.0. The van der Waals surface area contributed by atoms with Crippen molar-refractivity contribution in [3.63, 3.8) is 0 Å². The number of hydrogen-bond donors (Lipinski definition) is 1. The molecule has 0 atom stereocenters. The van der Waals surface area contributed by atoms with Crippen LogP contribution in [0.15, 0.2) is 53.0 Å². The average Bonchev–Trinajstić information content (AvgIpc) is 3.12. The van der Waals surface area contributed by atoms with E-state index >= 15 is 0 Å². The van der Waals surface area contributed by atoms with E-state index in [2.05, 4.69) is 15.3 Å². The third-order valence-corrected chi connectivity index (χ3v) is 5.13. The molecule has 0 saturated carbocycles. The van der Waals surface area contributed by atoms with Crippen LogP contribution in [0.5, 0.6) is 0 Å². The normalized spacial score (nSPS) is 11.7. The molecule has 2 aromatic carbocycles. The van der Waals surface area contributed by atoms with Crippen molar-refractivity contribution >= 4 is 29.1 Å². The van der Waals surface area contributed by atoms with Gasteiger partial charge in [0, 0.05) is 11.3 Å². The molecular weight excluding hydrogens is 439 g/mol. The number of hydrogen-bond acceptors (Lipinski definition) is 4. The SMILES string of the molecule is Cc1ccsc1C(=O)Nc1ccccc1-c1cc(F)c(/C=N/OCC(F)(F)F)c(F)c1. The fourth-order valence-corrected chi connectivity index (χ4v) is 3.51. The van der Waals surface area contributed by atoms with E-state index in [4.69, 9.17) is 0 Å². The van der Waals surface area contributed by atoms with Gasteiger partial charge in [0.2, 0.25) is 6.61 Å².